The predicted molar refractivity (Wildman–Crippen MR) is 202 cm³/mol. The molecule has 5 nitrogen and oxygen atoms in total. The molecule has 0 bridgehead atoms. The Morgan fingerprint density at radius 1 is 0.380 bits per heavy atom. The fraction of sp³-hybridized carbons (Fsp3) is 0. The number of aromatic nitrogens is 3. The van der Waals surface area contributed by atoms with Gasteiger partial charge in [-0.2, -0.15) is 0 Å². The molecule has 0 radical (unpaired) electrons. The molecule has 0 aliphatic carbocycles. The van der Waals surface area contributed by atoms with Crippen molar-refractivity contribution in [3.8, 4) is 56.4 Å². The summed E-state index contributed by atoms with van der Waals surface area (Å²) in [6, 6.07) is 41.2. The molecule has 0 saturated carbocycles. The van der Waals surface area contributed by atoms with Crippen LogP contribution in [0.25, 0.3) is 100 Å². The third kappa shape index (κ3) is 4.67. The van der Waals surface area contributed by atoms with Crippen LogP contribution in [0.1, 0.15) is 6.85 Å². The van der Waals surface area contributed by atoms with Gasteiger partial charge in [0.2, 0.25) is 0 Å². The van der Waals surface area contributed by atoms with E-state index < -0.39 is 18.1 Å². The van der Waals surface area contributed by atoms with Gasteiger partial charge in [-0.15, -0.1) is 0 Å². The minimum absolute atomic E-state index is 0.110. The number of nitrogens with zero attached hydrogens (tertiary/aromatic N) is 3. The molecule has 3 aromatic heterocycles. The lowest BCUT2D eigenvalue weighted by Crippen LogP contribution is -2.00. The second-order valence-corrected chi connectivity index (χ2v) is 12.0. The molecule has 10 aromatic rings. The molecule has 5 heteroatoms. The van der Waals surface area contributed by atoms with E-state index in [9.17, 15) is 0 Å². The summed E-state index contributed by atoms with van der Waals surface area (Å²) >= 11 is 0. The van der Waals surface area contributed by atoms with Gasteiger partial charge in [-0.1, -0.05) is 133 Å². The van der Waals surface area contributed by atoms with E-state index in [0.29, 0.717) is 34.2 Å². The van der Waals surface area contributed by atoms with Crippen molar-refractivity contribution in [3.05, 3.63) is 164 Å². The van der Waals surface area contributed by atoms with Crippen LogP contribution in [0, 0.1) is 0 Å². The highest BCUT2D eigenvalue weighted by molar-refractivity contribution is 6.15. The number of hydrogen-bond donors (Lipinski definition) is 0. The van der Waals surface area contributed by atoms with Crippen LogP contribution in [0.2, 0.25) is 0 Å². The Balaban J connectivity index is 1.13. The normalized spacial score (nSPS) is 13.0. The van der Waals surface area contributed by atoms with Gasteiger partial charge in [0.15, 0.2) is 17.5 Å². The molecule has 10 rings (SSSR count). The Kier molecular flexibility index (Phi) is 5.35. The highest BCUT2D eigenvalue weighted by Gasteiger charge is 2.19. The summed E-state index contributed by atoms with van der Waals surface area (Å²) in [4.78, 5) is 14.8. The number of rotatable bonds is 5. The van der Waals surface area contributed by atoms with Crippen molar-refractivity contribution in [1.29, 1.82) is 0 Å². The number of para-hydroxylation sites is 3. The first-order valence-electron chi connectivity index (χ1n) is 18.7. The van der Waals surface area contributed by atoms with E-state index in [0.717, 1.165) is 60.5 Å². The summed E-state index contributed by atoms with van der Waals surface area (Å²) in [5.74, 6) is 1.28. The summed E-state index contributed by atoms with van der Waals surface area (Å²) in [5.41, 5.74) is 7.68. The molecule has 3 heterocycles. The minimum Gasteiger partial charge on any atom is -0.455 e. The van der Waals surface area contributed by atoms with Crippen LogP contribution in [0.3, 0.4) is 0 Å². The quantitative estimate of drug-likeness (QED) is 0.186. The zero-order valence-corrected chi connectivity index (χ0v) is 26.4. The van der Waals surface area contributed by atoms with Crippen LogP contribution in [0.5, 0.6) is 0 Å². The summed E-state index contributed by atoms with van der Waals surface area (Å²) < 4.78 is 54.5. The fourth-order valence-electron chi connectivity index (χ4n) is 6.67. The van der Waals surface area contributed by atoms with E-state index in [4.69, 9.17) is 30.6 Å². The van der Waals surface area contributed by atoms with Gasteiger partial charge in [-0.3, -0.25) is 0 Å². The van der Waals surface area contributed by atoms with Crippen molar-refractivity contribution >= 4 is 43.9 Å². The molecule has 7 aromatic carbocycles. The Morgan fingerprint density at radius 3 is 1.66 bits per heavy atom. The average Bonchev–Trinajstić information content (AvgIpc) is 3.81. The van der Waals surface area contributed by atoms with Crippen molar-refractivity contribution in [2.24, 2.45) is 0 Å². The van der Waals surface area contributed by atoms with Gasteiger partial charge in [0.1, 0.15) is 22.3 Å². The van der Waals surface area contributed by atoms with Gasteiger partial charge in [-0.05, 0) is 41.5 Å². The zero-order valence-electron chi connectivity index (χ0n) is 31.4. The molecule has 0 aliphatic rings. The first-order chi connectivity index (χ1) is 26.8. The molecule has 234 valence electrons. The third-order valence-corrected chi connectivity index (χ3v) is 9.03. The molecular weight excluding hydrogens is 615 g/mol. The molecule has 0 amide bonds. The molecular formula is C45H27N3O2. The van der Waals surface area contributed by atoms with Gasteiger partial charge in [0.25, 0.3) is 0 Å². The summed E-state index contributed by atoms with van der Waals surface area (Å²) in [6.07, 6.45) is 0. The fourth-order valence-corrected chi connectivity index (χ4v) is 6.67. The van der Waals surface area contributed by atoms with Gasteiger partial charge in [0.05, 0.1) is 6.85 Å². The number of furan rings is 2. The van der Waals surface area contributed by atoms with Gasteiger partial charge in [0, 0.05) is 49.4 Å². The standard InChI is InChI=1S/C45H27N3O2/c1-3-12-28(13-4-1)30-16-9-17-31(26-30)44-46-43(29-14-5-2-6-15-29)47-45(48-44)32-24-25-40-38(27-32)37-22-11-21-36(42(37)50-40)35-20-10-19-34-33-18-7-8-23-39(33)49-41(34)35/h1-27H/i1D,3D,4D,12D,13D. The van der Waals surface area contributed by atoms with Crippen LogP contribution >= 0.6 is 0 Å². The van der Waals surface area contributed by atoms with E-state index >= 15 is 0 Å². The van der Waals surface area contributed by atoms with Crippen molar-refractivity contribution in [2.75, 3.05) is 0 Å². The first kappa shape index (κ1) is 23.5. The van der Waals surface area contributed by atoms with Crippen molar-refractivity contribution in [2.45, 2.75) is 0 Å². The highest BCUT2D eigenvalue weighted by Crippen LogP contribution is 2.41. The molecule has 0 saturated heterocycles. The lowest BCUT2D eigenvalue weighted by molar-refractivity contribution is 0.665. The molecule has 0 aliphatic heterocycles. The monoisotopic (exact) mass is 646 g/mol. The molecule has 0 spiro atoms. The van der Waals surface area contributed by atoms with Crippen LogP contribution in [-0.4, -0.2) is 15.0 Å². The Hall–Kier alpha value is -6.85. The van der Waals surface area contributed by atoms with Crippen LogP contribution in [0.4, 0.5) is 0 Å². The Bertz CT molecular complexity index is 3150. The number of hydrogen-bond acceptors (Lipinski definition) is 5. The van der Waals surface area contributed by atoms with Gasteiger partial charge >= 0.3 is 0 Å². The van der Waals surface area contributed by atoms with Crippen molar-refractivity contribution in [1.82, 2.24) is 15.0 Å². The second-order valence-electron chi connectivity index (χ2n) is 12.0. The summed E-state index contributed by atoms with van der Waals surface area (Å²) in [6.45, 7) is 0. The van der Waals surface area contributed by atoms with Gasteiger partial charge in [-0.25, -0.2) is 15.0 Å². The number of benzene rings is 7. The summed E-state index contributed by atoms with van der Waals surface area (Å²) in [7, 11) is 0. The minimum atomic E-state index is -0.438. The molecule has 0 unspecified atom stereocenters. The van der Waals surface area contributed by atoms with Gasteiger partial charge < -0.3 is 8.83 Å². The predicted octanol–water partition coefficient (Wildman–Crippen LogP) is 12.0. The molecule has 0 atom stereocenters. The topological polar surface area (TPSA) is 65.0 Å². The lowest BCUT2D eigenvalue weighted by Gasteiger charge is -2.10. The molecule has 0 N–H and O–H groups in total. The Morgan fingerprint density at radius 2 is 0.920 bits per heavy atom. The van der Waals surface area contributed by atoms with E-state index in [-0.39, 0.29) is 17.6 Å². The summed E-state index contributed by atoms with van der Waals surface area (Å²) in [5, 5.41) is 3.94. The van der Waals surface area contributed by atoms with Crippen molar-refractivity contribution in [3.63, 3.8) is 0 Å². The zero-order chi connectivity index (χ0) is 37.4. The van der Waals surface area contributed by atoms with Crippen molar-refractivity contribution < 1.29 is 15.7 Å². The maximum atomic E-state index is 8.55. The average molecular weight is 647 g/mol. The van der Waals surface area contributed by atoms with Crippen LogP contribution in [-0.2, 0) is 0 Å². The molecule has 0 fully saturated rings. The van der Waals surface area contributed by atoms with E-state index in [2.05, 4.69) is 24.3 Å². The lowest BCUT2D eigenvalue weighted by atomic mass is 9.99. The smallest absolute Gasteiger partial charge is 0.164 e. The highest BCUT2D eigenvalue weighted by atomic mass is 16.3. The van der Waals surface area contributed by atoms with Crippen LogP contribution < -0.4 is 0 Å². The number of fused-ring (bicyclic) bond motifs is 6. The van der Waals surface area contributed by atoms with E-state index in [1.54, 1.807) is 18.2 Å². The van der Waals surface area contributed by atoms with Crippen LogP contribution in [0.15, 0.2) is 173 Å². The maximum absolute atomic E-state index is 8.55. The molecule has 50 heavy (non-hydrogen) atoms. The maximum Gasteiger partial charge on any atom is 0.164 e. The Labute approximate surface area is 294 Å². The third-order valence-electron chi connectivity index (χ3n) is 9.03. The van der Waals surface area contributed by atoms with E-state index in [1.165, 1.54) is 0 Å². The first-order valence-corrected chi connectivity index (χ1v) is 16.2. The second kappa shape index (κ2) is 11.4. The largest absolute Gasteiger partial charge is 0.455 e. The van der Waals surface area contributed by atoms with E-state index in [1.807, 2.05) is 91.0 Å². The SMILES string of the molecule is [2H]c1c([2H])c([2H])c(-c2cccc(-c3nc(-c4ccccc4)nc(-c4ccc5oc6c(-c7cccc8c7oc7ccccc78)cccc6c5c4)n3)c2)c([2H])c1[2H].